The molecule has 0 spiro atoms. The smallest absolute Gasteiger partial charge is 0.329 e. The molecule has 1 amide bonds. The lowest BCUT2D eigenvalue weighted by Crippen LogP contribution is -2.44. The maximum atomic E-state index is 13.9. The Hall–Kier alpha value is -4.18. The summed E-state index contributed by atoms with van der Waals surface area (Å²) in [7, 11) is 0. The molecule has 0 saturated heterocycles. The summed E-state index contributed by atoms with van der Waals surface area (Å²) in [5, 5.41) is 2.91. The molecule has 4 rings (SSSR count). The van der Waals surface area contributed by atoms with E-state index in [2.05, 4.69) is 10.3 Å². The van der Waals surface area contributed by atoms with Crippen LogP contribution < -0.4 is 10.1 Å². The van der Waals surface area contributed by atoms with E-state index in [0.717, 1.165) is 16.7 Å². The molecule has 1 heterocycles. The van der Waals surface area contributed by atoms with Gasteiger partial charge in [0.25, 0.3) is 5.91 Å². The monoisotopic (exact) mass is 635 g/mol. The predicted octanol–water partition coefficient (Wildman–Crippen LogP) is 6.96. The van der Waals surface area contributed by atoms with Gasteiger partial charge in [0.05, 0.1) is 12.9 Å². The van der Waals surface area contributed by atoms with Crippen molar-refractivity contribution in [3.63, 3.8) is 0 Å². The quantitative estimate of drug-likeness (QED) is 0.151. The van der Waals surface area contributed by atoms with Crippen LogP contribution in [0.3, 0.4) is 0 Å². The lowest BCUT2D eigenvalue weighted by Gasteiger charge is -2.25. The summed E-state index contributed by atoms with van der Waals surface area (Å²) in [6.45, 7) is 5.75. The number of aromatic nitrogens is 2. The van der Waals surface area contributed by atoms with E-state index in [9.17, 15) is 18.4 Å². The number of aryl methyl sites for hydroxylation is 2. The van der Waals surface area contributed by atoms with Gasteiger partial charge in [-0.15, -0.1) is 0 Å². The Balaban J connectivity index is 1.65. The molecular formula is C35H39F2N3O4S. The average molecular weight is 636 g/mol. The van der Waals surface area contributed by atoms with Crippen LogP contribution in [0, 0.1) is 11.6 Å². The van der Waals surface area contributed by atoms with E-state index in [1.165, 1.54) is 24.3 Å². The summed E-state index contributed by atoms with van der Waals surface area (Å²) in [6.07, 6.45) is 8.03. The van der Waals surface area contributed by atoms with Crippen LogP contribution in [-0.2, 0) is 28.9 Å². The fourth-order valence-corrected chi connectivity index (χ4v) is 5.19. The van der Waals surface area contributed by atoms with Crippen LogP contribution >= 0.6 is 11.8 Å². The first-order valence-corrected chi connectivity index (χ1v) is 16.2. The van der Waals surface area contributed by atoms with E-state index in [1.54, 1.807) is 81.5 Å². The molecule has 238 valence electrons. The number of ether oxygens (including phenoxy) is 2. The van der Waals surface area contributed by atoms with Crippen molar-refractivity contribution in [1.29, 1.82) is 0 Å². The number of benzene rings is 3. The number of thioether (sulfide) groups is 1. The molecule has 2 atom stereocenters. The molecule has 0 saturated carbocycles. The van der Waals surface area contributed by atoms with Gasteiger partial charge < -0.3 is 19.4 Å². The molecule has 0 radical (unpaired) electrons. The number of esters is 1. The number of halogens is 2. The number of imidazole rings is 1. The van der Waals surface area contributed by atoms with Crippen molar-refractivity contribution in [2.45, 2.75) is 64.3 Å². The van der Waals surface area contributed by atoms with Gasteiger partial charge in [-0.25, -0.2) is 18.6 Å². The van der Waals surface area contributed by atoms with Crippen molar-refractivity contribution in [2.75, 3.05) is 12.0 Å². The van der Waals surface area contributed by atoms with Crippen LogP contribution in [0.25, 0.3) is 0 Å². The lowest BCUT2D eigenvalue weighted by molar-refractivity contribution is -0.157. The number of hydrogen-bond donors (Lipinski definition) is 1. The molecule has 1 unspecified atom stereocenters. The second-order valence-electron chi connectivity index (χ2n) is 11.7. The van der Waals surface area contributed by atoms with Crippen LogP contribution in [-0.4, -0.2) is 45.1 Å². The molecule has 1 N–H and O–H groups in total. The second-order valence-corrected chi connectivity index (χ2v) is 12.7. The molecule has 1 aromatic heterocycles. The molecule has 0 aliphatic rings. The molecule has 7 nitrogen and oxygen atoms in total. The number of nitrogens with zero attached hydrogens (tertiary/aromatic N) is 2. The molecule has 45 heavy (non-hydrogen) atoms. The predicted molar refractivity (Wildman–Crippen MR) is 172 cm³/mol. The van der Waals surface area contributed by atoms with Gasteiger partial charge in [0.15, 0.2) is 0 Å². The molecule has 10 heteroatoms. The minimum absolute atomic E-state index is 0.315. The van der Waals surface area contributed by atoms with E-state index in [1.807, 2.05) is 23.1 Å². The van der Waals surface area contributed by atoms with Crippen LogP contribution in [0.2, 0.25) is 0 Å². The van der Waals surface area contributed by atoms with Crippen molar-refractivity contribution in [1.82, 2.24) is 14.9 Å². The molecule has 0 bridgehead atoms. The molecule has 0 aliphatic carbocycles. The summed E-state index contributed by atoms with van der Waals surface area (Å²) in [5.41, 5.74) is 2.06. The van der Waals surface area contributed by atoms with Gasteiger partial charge in [-0.3, -0.25) is 4.79 Å². The standard InChI is InChI=1S/C35H39F2N3O4S/c1-35(2,3)44-34(42)31(17-20-45-4)39-33(41)30-21-29(16-11-25(30)8-5-24-6-12-27(36)13-7-24)43-32(22-40-19-18-38-23-40)26-9-14-28(37)15-10-26/h6-7,9-16,18-19,21,23,31-32H,5,8,17,20,22H2,1-4H3,(H,39,41)/t31-,32?/m0/s1. The first-order chi connectivity index (χ1) is 21.5. The van der Waals surface area contributed by atoms with Gasteiger partial charge in [-0.05, 0) is 105 Å². The number of amides is 1. The zero-order valence-electron chi connectivity index (χ0n) is 26.0. The minimum Gasteiger partial charge on any atom is -0.484 e. The summed E-state index contributed by atoms with van der Waals surface area (Å²) in [5.74, 6) is -0.520. The average Bonchev–Trinajstić information content (AvgIpc) is 3.51. The number of rotatable bonds is 14. The van der Waals surface area contributed by atoms with Crippen molar-refractivity contribution >= 4 is 23.6 Å². The van der Waals surface area contributed by atoms with Gasteiger partial charge in [0.1, 0.15) is 35.1 Å². The topological polar surface area (TPSA) is 82.5 Å². The second kappa shape index (κ2) is 15.7. The van der Waals surface area contributed by atoms with Gasteiger partial charge >= 0.3 is 5.97 Å². The lowest BCUT2D eigenvalue weighted by atomic mass is 9.98. The number of carbonyl (C=O) groups is 2. The van der Waals surface area contributed by atoms with E-state index in [4.69, 9.17) is 9.47 Å². The third-order valence-electron chi connectivity index (χ3n) is 6.99. The summed E-state index contributed by atoms with van der Waals surface area (Å²) in [6, 6.07) is 16.8. The maximum absolute atomic E-state index is 13.9. The highest BCUT2D eigenvalue weighted by Gasteiger charge is 2.28. The van der Waals surface area contributed by atoms with E-state index in [0.29, 0.717) is 42.9 Å². The fourth-order valence-electron chi connectivity index (χ4n) is 4.72. The Morgan fingerprint density at radius 3 is 2.29 bits per heavy atom. The fraction of sp³-hybridized carbons (Fsp3) is 0.343. The first-order valence-electron chi connectivity index (χ1n) is 14.8. The van der Waals surface area contributed by atoms with E-state index < -0.39 is 29.6 Å². The van der Waals surface area contributed by atoms with Gasteiger partial charge in [0.2, 0.25) is 0 Å². The van der Waals surface area contributed by atoms with Crippen LogP contribution in [0.4, 0.5) is 8.78 Å². The Bertz CT molecular complexity index is 1540. The normalized spacial score (nSPS) is 12.8. The number of nitrogens with one attached hydrogen (secondary N) is 1. The number of carbonyl (C=O) groups excluding carboxylic acids is 2. The Kier molecular flexibility index (Phi) is 11.8. The summed E-state index contributed by atoms with van der Waals surface area (Å²) < 4.78 is 41.1. The van der Waals surface area contributed by atoms with E-state index >= 15 is 0 Å². The molecule has 0 fully saturated rings. The van der Waals surface area contributed by atoms with Crippen molar-refractivity contribution in [3.8, 4) is 5.75 Å². The summed E-state index contributed by atoms with van der Waals surface area (Å²) >= 11 is 1.57. The van der Waals surface area contributed by atoms with Crippen LogP contribution in [0.5, 0.6) is 5.75 Å². The zero-order chi connectivity index (χ0) is 32.4. The van der Waals surface area contributed by atoms with E-state index in [-0.39, 0.29) is 11.6 Å². The SMILES string of the molecule is CSCC[C@H](NC(=O)c1cc(OC(Cn2ccnc2)c2ccc(F)cc2)ccc1CCc1ccc(F)cc1)C(=O)OC(C)(C)C. The highest BCUT2D eigenvalue weighted by molar-refractivity contribution is 7.98. The zero-order valence-corrected chi connectivity index (χ0v) is 26.8. The van der Waals surface area contributed by atoms with Gasteiger partial charge in [-0.2, -0.15) is 11.8 Å². The highest BCUT2D eigenvalue weighted by Crippen LogP contribution is 2.27. The van der Waals surface area contributed by atoms with Gasteiger partial charge in [0, 0.05) is 18.0 Å². The van der Waals surface area contributed by atoms with Crippen molar-refractivity contribution < 1.29 is 27.8 Å². The van der Waals surface area contributed by atoms with Crippen molar-refractivity contribution in [3.05, 3.63) is 119 Å². The third-order valence-corrected chi connectivity index (χ3v) is 7.63. The molecular weight excluding hydrogens is 596 g/mol. The highest BCUT2D eigenvalue weighted by atomic mass is 32.2. The van der Waals surface area contributed by atoms with Crippen molar-refractivity contribution in [2.24, 2.45) is 0 Å². The Morgan fingerprint density at radius 2 is 1.67 bits per heavy atom. The Morgan fingerprint density at radius 1 is 0.978 bits per heavy atom. The molecule has 4 aromatic rings. The van der Waals surface area contributed by atoms with Crippen LogP contribution in [0.15, 0.2) is 85.5 Å². The first kappa shape index (κ1) is 33.7. The third kappa shape index (κ3) is 10.5. The minimum atomic E-state index is -0.841. The molecule has 0 aliphatic heterocycles. The summed E-state index contributed by atoms with van der Waals surface area (Å²) in [4.78, 5) is 31.1. The van der Waals surface area contributed by atoms with Crippen LogP contribution in [0.1, 0.15) is 60.3 Å². The maximum Gasteiger partial charge on any atom is 0.329 e. The number of hydrogen-bond acceptors (Lipinski definition) is 6. The van der Waals surface area contributed by atoms with Gasteiger partial charge in [-0.1, -0.05) is 30.3 Å². The Labute approximate surface area is 267 Å². The molecule has 3 aromatic carbocycles. The largest absolute Gasteiger partial charge is 0.484 e.